The highest BCUT2D eigenvalue weighted by atomic mass is 32.2. The van der Waals surface area contributed by atoms with Gasteiger partial charge in [0, 0.05) is 20.0 Å². The third kappa shape index (κ3) is 5.53. The Hall–Kier alpha value is -2.95. The molecule has 158 valence electrons. The molecule has 0 saturated carbocycles. The molecule has 0 unspecified atom stereocenters. The Labute approximate surface area is 164 Å². The van der Waals surface area contributed by atoms with Gasteiger partial charge < -0.3 is 14.2 Å². The van der Waals surface area contributed by atoms with E-state index in [0.29, 0.717) is 0 Å². The second-order valence-corrected chi connectivity index (χ2v) is 7.66. The van der Waals surface area contributed by atoms with E-state index in [4.69, 9.17) is 24.8 Å². The van der Waals surface area contributed by atoms with Crippen LogP contribution in [-0.4, -0.2) is 61.1 Å². The molecule has 1 aromatic heterocycles. The molecule has 1 aliphatic heterocycles. The van der Waals surface area contributed by atoms with E-state index in [1.165, 1.54) is 0 Å². The average molecular weight is 430 g/mol. The molecule has 29 heavy (non-hydrogen) atoms. The van der Waals surface area contributed by atoms with E-state index in [1.807, 2.05) is 4.98 Å². The first-order valence-corrected chi connectivity index (χ1v) is 9.91. The van der Waals surface area contributed by atoms with Gasteiger partial charge in [-0.05, 0) is 0 Å². The Kier molecular flexibility index (Phi) is 6.62. The van der Waals surface area contributed by atoms with Gasteiger partial charge in [-0.1, -0.05) is 5.92 Å². The van der Waals surface area contributed by atoms with E-state index >= 15 is 0 Å². The maximum absolute atomic E-state index is 12.3. The Morgan fingerprint density at radius 3 is 2.45 bits per heavy atom. The minimum Gasteiger partial charge on any atom is -0.463 e. The van der Waals surface area contributed by atoms with Gasteiger partial charge in [-0.3, -0.25) is 28.1 Å². The summed E-state index contributed by atoms with van der Waals surface area (Å²) in [6.45, 7) is 1.72. The number of hydrogen-bond donors (Lipinski definition) is 1. The fourth-order valence-corrected chi connectivity index (χ4v) is 3.31. The first kappa shape index (κ1) is 22.3. The number of H-pyrrole nitrogens is 1. The van der Waals surface area contributed by atoms with Crippen molar-refractivity contribution in [2.24, 2.45) is 0 Å². The summed E-state index contributed by atoms with van der Waals surface area (Å²) in [6, 6.07) is 0. The van der Waals surface area contributed by atoms with E-state index in [2.05, 4.69) is 5.92 Å². The van der Waals surface area contributed by atoms with Crippen LogP contribution < -0.4 is 11.2 Å². The van der Waals surface area contributed by atoms with Crippen molar-refractivity contribution in [3.63, 3.8) is 0 Å². The van der Waals surface area contributed by atoms with Crippen molar-refractivity contribution >= 4 is 22.1 Å². The Morgan fingerprint density at radius 1 is 1.28 bits per heavy atom. The van der Waals surface area contributed by atoms with Crippen LogP contribution in [0.3, 0.4) is 0 Å². The van der Waals surface area contributed by atoms with Gasteiger partial charge in [-0.25, -0.2) is 4.79 Å². The molecule has 1 N–H and O–H groups in total. The molecular weight excluding hydrogens is 412 g/mol. The van der Waals surface area contributed by atoms with Crippen LogP contribution in [0.2, 0.25) is 0 Å². The molecule has 12 nitrogen and oxygen atoms in total. The van der Waals surface area contributed by atoms with Crippen LogP contribution in [0.5, 0.6) is 0 Å². The van der Waals surface area contributed by atoms with Crippen LogP contribution in [0.15, 0.2) is 15.8 Å². The number of nitrogens with one attached hydrogen (secondary N) is 1. The molecule has 0 amide bonds. The average Bonchev–Trinajstić information content (AvgIpc) is 2.88. The predicted octanol–water partition coefficient (Wildman–Crippen LogP) is -1.75. The van der Waals surface area contributed by atoms with Gasteiger partial charge in [0.05, 0.1) is 6.26 Å². The minimum atomic E-state index is -4.07. The van der Waals surface area contributed by atoms with Crippen LogP contribution in [0, 0.1) is 12.3 Å². The van der Waals surface area contributed by atoms with Crippen molar-refractivity contribution in [2.45, 2.75) is 38.4 Å². The molecule has 2 rings (SSSR count). The number of esters is 2. The van der Waals surface area contributed by atoms with E-state index < -0.39 is 64.5 Å². The smallest absolute Gasteiger partial charge is 0.330 e. The van der Waals surface area contributed by atoms with Crippen molar-refractivity contribution in [1.82, 2.24) is 9.55 Å². The molecule has 1 fully saturated rings. The summed E-state index contributed by atoms with van der Waals surface area (Å²) < 4.78 is 44.8. The second kappa shape index (κ2) is 8.60. The minimum absolute atomic E-state index is 0.223. The van der Waals surface area contributed by atoms with E-state index in [1.54, 1.807) is 0 Å². The fourth-order valence-electron chi connectivity index (χ4n) is 2.68. The summed E-state index contributed by atoms with van der Waals surface area (Å²) in [5.74, 6) is 0.569. The molecule has 1 aliphatic rings. The summed E-state index contributed by atoms with van der Waals surface area (Å²) in [6.07, 6.45) is 1.43. The van der Waals surface area contributed by atoms with Gasteiger partial charge in [0.1, 0.15) is 24.4 Å². The van der Waals surface area contributed by atoms with Crippen LogP contribution in [0.25, 0.3) is 0 Å². The van der Waals surface area contributed by atoms with Gasteiger partial charge in [-0.15, -0.1) is 6.42 Å². The van der Waals surface area contributed by atoms with Crippen LogP contribution in [-0.2, 0) is 38.1 Å². The Bertz CT molecular complexity index is 1060. The summed E-state index contributed by atoms with van der Waals surface area (Å²) in [5, 5.41) is 0. The number of nitrogens with zero attached hydrogens (tertiary/aromatic N) is 1. The summed E-state index contributed by atoms with van der Waals surface area (Å²) in [7, 11) is -4.07. The van der Waals surface area contributed by atoms with Crippen LogP contribution in [0.4, 0.5) is 0 Å². The third-order valence-electron chi connectivity index (χ3n) is 3.72. The summed E-state index contributed by atoms with van der Waals surface area (Å²) >= 11 is 0. The first-order valence-electron chi connectivity index (χ1n) is 8.09. The summed E-state index contributed by atoms with van der Waals surface area (Å²) in [4.78, 5) is 48.7. The number of terminal acetylenes is 1. The molecule has 0 spiro atoms. The number of hydrogen-bond acceptors (Lipinski definition) is 10. The third-order valence-corrected chi connectivity index (χ3v) is 4.29. The highest BCUT2D eigenvalue weighted by Crippen LogP contribution is 2.34. The van der Waals surface area contributed by atoms with Crippen molar-refractivity contribution < 1.29 is 36.4 Å². The molecule has 1 saturated heterocycles. The van der Waals surface area contributed by atoms with Crippen molar-refractivity contribution in [3.05, 3.63) is 32.6 Å². The fraction of sp³-hybridized carbons (Fsp3) is 0.500. The zero-order valence-corrected chi connectivity index (χ0v) is 16.4. The molecule has 2 heterocycles. The molecule has 1 aromatic rings. The molecule has 0 aromatic carbocycles. The molecule has 0 aliphatic carbocycles. The van der Waals surface area contributed by atoms with Crippen molar-refractivity contribution in [1.29, 1.82) is 0 Å². The van der Waals surface area contributed by atoms with Gasteiger partial charge >= 0.3 is 17.6 Å². The lowest BCUT2D eigenvalue weighted by atomic mass is 10.1. The normalized spacial score (nSPS) is 23.9. The van der Waals surface area contributed by atoms with Gasteiger partial charge in [0.2, 0.25) is 0 Å². The zero-order valence-electron chi connectivity index (χ0n) is 15.6. The summed E-state index contributed by atoms with van der Waals surface area (Å²) in [5.41, 5.74) is -2.00. The number of ether oxygens (including phenoxy) is 3. The number of rotatable bonds is 6. The van der Waals surface area contributed by atoms with Gasteiger partial charge in [0.25, 0.3) is 15.7 Å². The van der Waals surface area contributed by atoms with Crippen LogP contribution in [0.1, 0.15) is 25.6 Å². The highest BCUT2D eigenvalue weighted by molar-refractivity contribution is 7.86. The molecule has 4 atom stereocenters. The molecule has 0 radical (unpaired) electrons. The lowest BCUT2D eigenvalue weighted by Crippen LogP contribution is -2.42. The van der Waals surface area contributed by atoms with Gasteiger partial charge in [0.15, 0.2) is 12.3 Å². The van der Waals surface area contributed by atoms with E-state index in [9.17, 15) is 27.6 Å². The van der Waals surface area contributed by atoms with Gasteiger partial charge in [-0.2, -0.15) is 8.42 Å². The first-order chi connectivity index (χ1) is 13.4. The van der Waals surface area contributed by atoms with Crippen molar-refractivity contribution in [3.8, 4) is 12.3 Å². The zero-order chi connectivity index (χ0) is 21.9. The number of aromatic nitrogens is 2. The second-order valence-electron chi connectivity index (χ2n) is 6.06. The van der Waals surface area contributed by atoms with E-state index in [0.717, 1.165) is 30.9 Å². The van der Waals surface area contributed by atoms with E-state index in [-0.39, 0.29) is 5.56 Å². The quantitative estimate of drug-likeness (QED) is 0.311. The lowest BCUT2D eigenvalue weighted by molar-refractivity contribution is -0.155. The Balaban J connectivity index is 2.56. The number of aromatic amines is 1. The maximum Gasteiger partial charge on any atom is 0.330 e. The topological polar surface area (TPSA) is 160 Å². The molecule has 13 heteroatoms. The number of carbonyl (C=O) groups excluding carboxylic acids is 2. The van der Waals surface area contributed by atoms with Crippen LogP contribution >= 0.6 is 0 Å². The van der Waals surface area contributed by atoms with Crippen molar-refractivity contribution in [2.75, 3.05) is 12.9 Å². The molecular formula is C16H18N2O10S. The monoisotopic (exact) mass is 430 g/mol. The SMILES string of the molecule is C#Cc1cn([C@@H]2O[C@H](COC(C)=O)[C@H](OS(C)(=O)=O)[C@H]2OC(C)=O)c(=O)[nH]c1=O. The standard InChI is InChI=1S/C16H18N2O10S/c1-5-10-6-18(16(22)17-14(10)21)15-13(26-9(3)20)12(28-29(4,23)24)11(27-15)7-25-8(2)19/h1,6,11-13,15H,7H2,2-4H3,(H,17,21,22)/t11-,12+,13-,15-/m1/s1. The maximum atomic E-state index is 12.3. The lowest BCUT2D eigenvalue weighted by Gasteiger charge is -2.23. The predicted molar refractivity (Wildman–Crippen MR) is 95.1 cm³/mol. The highest BCUT2D eigenvalue weighted by Gasteiger charge is 2.51. The molecule has 0 bridgehead atoms. The number of carbonyl (C=O) groups is 2. The largest absolute Gasteiger partial charge is 0.463 e. The Morgan fingerprint density at radius 2 is 1.93 bits per heavy atom.